The summed E-state index contributed by atoms with van der Waals surface area (Å²) >= 11 is 0. The fraction of sp³-hybridized carbons (Fsp3) is 0.444. The molecule has 1 aromatic carbocycles. The van der Waals surface area contributed by atoms with E-state index in [1.807, 2.05) is 30.2 Å². The average Bonchev–Trinajstić information content (AvgIpc) is 3.05. The molecule has 1 aromatic heterocycles. The van der Waals surface area contributed by atoms with Gasteiger partial charge < -0.3 is 23.7 Å². The van der Waals surface area contributed by atoms with E-state index in [0.29, 0.717) is 50.0 Å². The largest absolute Gasteiger partial charge is 0.486 e. The molecule has 132 valence electrons. The maximum Gasteiger partial charge on any atom is 0.258 e. The molecule has 2 aromatic rings. The molecule has 0 radical (unpaired) electrons. The highest BCUT2D eigenvalue weighted by atomic mass is 16.6. The van der Waals surface area contributed by atoms with Crippen LogP contribution in [-0.2, 0) is 17.9 Å². The molecule has 0 bridgehead atoms. The summed E-state index contributed by atoms with van der Waals surface area (Å²) in [5.41, 5.74) is 1.58. The molecular formula is C18H21N3O4. The van der Waals surface area contributed by atoms with Crippen LogP contribution in [0.25, 0.3) is 0 Å². The molecule has 2 aliphatic heterocycles. The molecule has 1 atom stereocenters. The van der Waals surface area contributed by atoms with E-state index in [0.717, 1.165) is 11.5 Å². The van der Waals surface area contributed by atoms with Crippen LogP contribution in [0.1, 0.15) is 34.8 Å². The molecule has 7 heteroatoms. The molecule has 0 saturated heterocycles. The second-order valence-electron chi connectivity index (χ2n) is 6.20. The summed E-state index contributed by atoms with van der Waals surface area (Å²) in [5, 5.41) is 0. The Morgan fingerprint density at radius 1 is 1.32 bits per heavy atom. The van der Waals surface area contributed by atoms with E-state index in [1.165, 1.54) is 0 Å². The van der Waals surface area contributed by atoms with Crippen molar-refractivity contribution < 1.29 is 19.0 Å². The summed E-state index contributed by atoms with van der Waals surface area (Å²) in [6.45, 7) is 4.80. The third kappa shape index (κ3) is 2.64. The normalized spacial score (nSPS) is 18.8. The van der Waals surface area contributed by atoms with E-state index in [1.54, 1.807) is 13.2 Å². The Kier molecular flexibility index (Phi) is 4.09. The maximum absolute atomic E-state index is 13.2. The van der Waals surface area contributed by atoms with Crippen molar-refractivity contribution >= 4 is 5.91 Å². The zero-order chi connectivity index (χ0) is 17.4. The third-order valence-corrected chi connectivity index (χ3v) is 4.72. The van der Waals surface area contributed by atoms with E-state index in [4.69, 9.17) is 14.2 Å². The summed E-state index contributed by atoms with van der Waals surface area (Å²) in [5.74, 6) is 2.00. The van der Waals surface area contributed by atoms with Crippen molar-refractivity contribution in [1.82, 2.24) is 14.5 Å². The van der Waals surface area contributed by atoms with Crippen LogP contribution < -0.4 is 9.47 Å². The van der Waals surface area contributed by atoms with E-state index in [-0.39, 0.29) is 11.9 Å². The molecule has 0 N–H and O–H groups in total. The summed E-state index contributed by atoms with van der Waals surface area (Å²) in [6, 6.07) is 5.33. The zero-order valence-corrected chi connectivity index (χ0v) is 14.4. The van der Waals surface area contributed by atoms with Crippen LogP contribution in [-0.4, -0.2) is 47.2 Å². The van der Waals surface area contributed by atoms with Crippen molar-refractivity contribution in [1.29, 1.82) is 0 Å². The Balaban J connectivity index is 1.63. The number of aromatic nitrogens is 2. The Labute approximate surface area is 146 Å². The Morgan fingerprint density at radius 2 is 2.16 bits per heavy atom. The lowest BCUT2D eigenvalue weighted by atomic mass is 10.1. The number of rotatable bonds is 3. The summed E-state index contributed by atoms with van der Waals surface area (Å²) in [6.07, 6.45) is 1.82. The van der Waals surface area contributed by atoms with Crippen LogP contribution in [0.2, 0.25) is 0 Å². The highest BCUT2D eigenvalue weighted by Crippen LogP contribution is 2.36. The third-order valence-electron chi connectivity index (χ3n) is 4.72. The van der Waals surface area contributed by atoms with Crippen LogP contribution in [0.15, 0.2) is 24.4 Å². The number of fused-ring (bicyclic) bond motifs is 2. The first kappa shape index (κ1) is 16.0. The SMILES string of the molecule is COCc1cnc2n1CCN(C(=O)c1cccc3c1OCCO3)[C@@H]2C. The van der Waals surface area contributed by atoms with Crippen LogP contribution in [0.3, 0.4) is 0 Å². The van der Waals surface area contributed by atoms with Gasteiger partial charge in [0.05, 0.1) is 30.1 Å². The second-order valence-corrected chi connectivity index (χ2v) is 6.20. The van der Waals surface area contributed by atoms with Gasteiger partial charge in [-0.2, -0.15) is 0 Å². The number of imidazole rings is 1. The molecule has 0 spiro atoms. The number of amides is 1. The van der Waals surface area contributed by atoms with Crippen molar-refractivity contribution in [2.24, 2.45) is 0 Å². The summed E-state index contributed by atoms with van der Waals surface area (Å²) in [4.78, 5) is 19.5. The predicted octanol–water partition coefficient (Wildman–Crippen LogP) is 2.02. The van der Waals surface area contributed by atoms with E-state index in [9.17, 15) is 4.79 Å². The van der Waals surface area contributed by atoms with Crippen LogP contribution in [0, 0.1) is 0 Å². The van der Waals surface area contributed by atoms with Gasteiger partial charge in [-0.05, 0) is 19.1 Å². The number of para-hydroxylation sites is 1. The molecule has 2 aliphatic rings. The zero-order valence-electron chi connectivity index (χ0n) is 14.4. The quantitative estimate of drug-likeness (QED) is 0.853. The van der Waals surface area contributed by atoms with E-state index < -0.39 is 0 Å². The Hall–Kier alpha value is -2.54. The molecule has 3 heterocycles. The number of hydrogen-bond acceptors (Lipinski definition) is 5. The number of methoxy groups -OCH3 is 1. The highest BCUT2D eigenvalue weighted by Gasteiger charge is 2.33. The van der Waals surface area contributed by atoms with Gasteiger partial charge in [0.25, 0.3) is 5.91 Å². The van der Waals surface area contributed by atoms with Crippen LogP contribution in [0.4, 0.5) is 0 Å². The van der Waals surface area contributed by atoms with Gasteiger partial charge in [0.2, 0.25) is 0 Å². The number of carbonyl (C=O) groups excluding carboxylic acids is 1. The first-order chi connectivity index (χ1) is 12.2. The predicted molar refractivity (Wildman–Crippen MR) is 89.8 cm³/mol. The molecule has 25 heavy (non-hydrogen) atoms. The molecule has 4 rings (SSSR count). The van der Waals surface area contributed by atoms with Crippen molar-refractivity contribution in [2.45, 2.75) is 26.1 Å². The van der Waals surface area contributed by atoms with Crippen molar-refractivity contribution in [3.05, 3.63) is 41.5 Å². The minimum Gasteiger partial charge on any atom is -0.486 e. The fourth-order valence-electron chi connectivity index (χ4n) is 3.50. The molecule has 7 nitrogen and oxygen atoms in total. The first-order valence-electron chi connectivity index (χ1n) is 8.43. The average molecular weight is 343 g/mol. The summed E-state index contributed by atoms with van der Waals surface area (Å²) in [7, 11) is 1.67. The lowest BCUT2D eigenvalue weighted by molar-refractivity contribution is 0.0623. The van der Waals surface area contributed by atoms with Gasteiger partial charge in [-0.25, -0.2) is 4.98 Å². The fourth-order valence-corrected chi connectivity index (χ4v) is 3.50. The lowest BCUT2D eigenvalue weighted by Gasteiger charge is -2.35. The number of hydrogen-bond donors (Lipinski definition) is 0. The van der Waals surface area contributed by atoms with Gasteiger partial charge in [-0.15, -0.1) is 0 Å². The van der Waals surface area contributed by atoms with Crippen LogP contribution >= 0.6 is 0 Å². The van der Waals surface area contributed by atoms with Gasteiger partial charge in [0.1, 0.15) is 19.0 Å². The van der Waals surface area contributed by atoms with Crippen molar-refractivity contribution in [2.75, 3.05) is 26.9 Å². The maximum atomic E-state index is 13.2. The van der Waals surface area contributed by atoms with Gasteiger partial charge in [0.15, 0.2) is 11.5 Å². The topological polar surface area (TPSA) is 65.8 Å². The van der Waals surface area contributed by atoms with Crippen molar-refractivity contribution in [3.8, 4) is 11.5 Å². The number of benzene rings is 1. The number of carbonyl (C=O) groups is 1. The molecule has 1 amide bonds. The van der Waals surface area contributed by atoms with E-state index >= 15 is 0 Å². The molecule has 0 fully saturated rings. The van der Waals surface area contributed by atoms with Crippen molar-refractivity contribution in [3.63, 3.8) is 0 Å². The van der Waals surface area contributed by atoms with E-state index in [2.05, 4.69) is 9.55 Å². The summed E-state index contributed by atoms with van der Waals surface area (Å²) < 4.78 is 18.6. The highest BCUT2D eigenvalue weighted by molar-refractivity contribution is 5.98. The monoisotopic (exact) mass is 343 g/mol. The van der Waals surface area contributed by atoms with Crippen LogP contribution in [0.5, 0.6) is 11.5 Å². The Bertz CT molecular complexity index is 802. The molecule has 0 aliphatic carbocycles. The van der Waals surface area contributed by atoms with Gasteiger partial charge in [0, 0.05) is 20.2 Å². The minimum atomic E-state index is -0.118. The van der Waals surface area contributed by atoms with Gasteiger partial charge in [-0.3, -0.25) is 4.79 Å². The first-order valence-corrected chi connectivity index (χ1v) is 8.43. The standard InChI is InChI=1S/C18H21N3O4/c1-12-17-19-10-13(11-23-2)21(17)7-6-20(12)18(22)14-4-3-5-15-16(14)25-9-8-24-15/h3-5,10,12H,6-9,11H2,1-2H3/t12-/m1/s1. The number of ether oxygens (including phenoxy) is 3. The Morgan fingerprint density at radius 3 is 3.00 bits per heavy atom. The van der Waals surface area contributed by atoms with Gasteiger partial charge >= 0.3 is 0 Å². The van der Waals surface area contributed by atoms with Gasteiger partial charge in [-0.1, -0.05) is 6.07 Å². The molecule has 0 unspecified atom stereocenters. The molecule has 0 saturated carbocycles. The number of nitrogens with zero attached hydrogens (tertiary/aromatic N) is 3. The minimum absolute atomic E-state index is 0.0580. The molecular weight excluding hydrogens is 322 g/mol. The lowest BCUT2D eigenvalue weighted by Crippen LogP contribution is -2.41. The smallest absolute Gasteiger partial charge is 0.258 e. The second kappa shape index (κ2) is 6.40.